The van der Waals surface area contributed by atoms with Crippen molar-refractivity contribution in [2.45, 2.75) is 76.3 Å². The standard InChI is InChI=1S/C41H38N6O7/c1-5-40(51,6-2)38(50)44-25-15-19-10-13-27-24(14-19)41-23-9-7-8-21(31(23)47-39(41)53-27)20-11-12-26(48)32-29(20)22(16-42-32)28-17-43-36(52-28)33-34(41)54-37(46-33)30(18(3)4)45-35(25)49/h7-14,16-18,25,30,39,42,47-48,51H,5-6,15H2,1-4H3,(H,44,50)(H,45,49)/t25-,30-,39-,41?/m0/s1. The molecule has 54 heavy (non-hydrogen) atoms. The van der Waals surface area contributed by atoms with Crippen molar-refractivity contribution in [3.63, 3.8) is 0 Å². The number of nitrogens with one attached hydrogen (secondary N) is 4. The first-order chi connectivity index (χ1) is 26.0. The van der Waals surface area contributed by atoms with Gasteiger partial charge in [-0.3, -0.25) is 9.59 Å². The highest BCUT2D eigenvalue weighted by Gasteiger charge is 2.61. The number of hydrogen-bond donors (Lipinski definition) is 6. The topological polar surface area (TPSA) is 188 Å². The van der Waals surface area contributed by atoms with Gasteiger partial charge in [-0.15, -0.1) is 0 Å². The predicted molar refractivity (Wildman–Crippen MR) is 198 cm³/mol. The van der Waals surface area contributed by atoms with E-state index in [1.807, 2.05) is 50.2 Å². The number of aliphatic hydroxyl groups is 1. The molecule has 4 aliphatic rings. The number of carbonyl (C=O) groups is 2. The smallest absolute Gasteiger partial charge is 0.252 e. The zero-order valence-electron chi connectivity index (χ0n) is 30.0. The maximum Gasteiger partial charge on any atom is 0.252 e. The average molecular weight is 727 g/mol. The first-order valence-electron chi connectivity index (χ1n) is 18.4. The van der Waals surface area contributed by atoms with Crippen LogP contribution >= 0.6 is 0 Å². The molecule has 4 aliphatic heterocycles. The number of carbonyl (C=O) groups excluding carboxylic acids is 2. The number of aromatic hydroxyl groups is 1. The molecule has 13 heteroatoms. The minimum absolute atomic E-state index is 0.102. The fraction of sp³-hybridized carbons (Fsp3) is 0.317. The molecule has 1 unspecified atom stereocenters. The third kappa shape index (κ3) is 4.23. The largest absolute Gasteiger partial charge is 0.506 e. The van der Waals surface area contributed by atoms with Gasteiger partial charge in [-0.2, -0.15) is 0 Å². The van der Waals surface area contributed by atoms with Crippen LogP contribution in [-0.4, -0.2) is 54.9 Å². The Morgan fingerprint density at radius 3 is 2.69 bits per heavy atom. The minimum Gasteiger partial charge on any atom is -0.506 e. The number of oxazole rings is 2. The van der Waals surface area contributed by atoms with Crippen LogP contribution in [0.1, 0.15) is 74.9 Å². The number of benzene rings is 3. The Labute approximate surface area is 309 Å². The Kier molecular flexibility index (Phi) is 6.76. The molecule has 10 rings (SSSR count). The van der Waals surface area contributed by atoms with Crippen LogP contribution in [-0.2, 0) is 21.4 Å². The van der Waals surface area contributed by atoms with Gasteiger partial charge in [-0.25, -0.2) is 9.97 Å². The number of H-pyrrole nitrogens is 1. The molecule has 2 amide bonds. The van der Waals surface area contributed by atoms with Crippen molar-refractivity contribution < 1.29 is 33.4 Å². The molecule has 0 fully saturated rings. The Morgan fingerprint density at radius 2 is 1.89 bits per heavy atom. The Morgan fingerprint density at radius 1 is 1.06 bits per heavy atom. The summed E-state index contributed by atoms with van der Waals surface area (Å²) in [6.07, 6.45) is 3.27. The molecule has 0 saturated heterocycles. The Hall–Kier alpha value is -6.08. The molecule has 6 N–H and O–H groups in total. The Balaban J connectivity index is 1.27. The van der Waals surface area contributed by atoms with Crippen molar-refractivity contribution >= 4 is 28.4 Å². The summed E-state index contributed by atoms with van der Waals surface area (Å²) in [5.74, 6) is 0.824. The van der Waals surface area contributed by atoms with Crippen molar-refractivity contribution in [3.8, 4) is 45.5 Å². The lowest BCUT2D eigenvalue weighted by molar-refractivity contribution is -0.143. The van der Waals surface area contributed by atoms with E-state index in [1.165, 1.54) is 0 Å². The van der Waals surface area contributed by atoms with Crippen molar-refractivity contribution in [1.29, 1.82) is 0 Å². The van der Waals surface area contributed by atoms with Crippen LogP contribution in [0.4, 0.5) is 5.69 Å². The number of anilines is 1. The lowest BCUT2D eigenvalue weighted by Gasteiger charge is -2.30. The van der Waals surface area contributed by atoms with Crippen molar-refractivity contribution in [3.05, 3.63) is 89.3 Å². The fourth-order valence-electron chi connectivity index (χ4n) is 8.77. The maximum absolute atomic E-state index is 14.3. The van der Waals surface area contributed by atoms with Crippen LogP contribution in [0.25, 0.3) is 44.9 Å². The number of aromatic nitrogens is 3. The van der Waals surface area contributed by atoms with Gasteiger partial charge in [0, 0.05) is 45.9 Å². The quantitative estimate of drug-likeness (QED) is 0.122. The van der Waals surface area contributed by atoms with Gasteiger partial charge < -0.3 is 44.7 Å². The first kappa shape index (κ1) is 32.6. The van der Waals surface area contributed by atoms with Gasteiger partial charge in [0.1, 0.15) is 34.6 Å². The van der Waals surface area contributed by atoms with Crippen LogP contribution in [0.2, 0.25) is 0 Å². The molecule has 3 aromatic heterocycles. The highest BCUT2D eigenvalue weighted by atomic mass is 16.5. The second-order valence-electron chi connectivity index (χ2n) is 15.1. The van der Waals surface area contributed by atoms with E-state index >= 15 is 0 Å². The van der Waals surface area contributed by atoms with Crippen LogP contribution < -0.4 is 20.7 Å². The lowest BCUT2D eigenvalue weighted by Crippen LogP contribution is -2.55. The van der Waals surface area contributed by atoms with E-state index < -0.39 is 41.1 Å². The molecule has 274 valence electrons. The average Bonchev–Trinajstić information content (AvgIpc) is 3.99. The number of aromatic amines is 1. The molecular formula is C41H38N6O7. The molecule has 0 saturated carbocycles. The second-order valence-corrected chi connectivity index (χ2v) is 15.1. The summed E-state index contributed by atoms with van der Waals surface area (Å²) < 4.78 is 20.4. The summed E-state index contributed by atoms with van der Waals surface area (Å²) >= 11 is 0. The van der Waals surface area contributed by atoms with Crippen molar-refractivity contribution in [2.75, 3.05) is 5.32 Å². The zero-order valence-corrected chi connectivity index (χ0v) is 30.0. The van der Waals surface area contributed by atoms with E-state index in [2.05, 4.69) is 27.0 Å². The molecule has 3 aromatic carbocycles. The van der Waals surface area contributed by atoms with Crippen LogP contribution in [0.15, 0.2) is 69.8 Å². The number of rotatable bonds is 5. The van der Waals surface area contributed by atoms with E-state index in [4.69, 9.17) is 23.5 Å². The van der Waals surface area contributed by atoms with E-state index in [1.54, 1.807) is 32.3 Å². The Bertz CT molecular complexity index is 2560. The molecule has 0 radical (unpaired) electrons. The molecule has 0 aliphatic carbocycles. The van der Waals surface area contributed by atoms with Gasteiger partial charge in [0.25, 0.3) is 5.91 Å². The predicted octanol–water partition coefficient (Wildman–Crippen LogP) is 6.05. The number of para-hydroxylation sites is 1. The molecule has 6 aromatic rings. The van der Waals surface area contributed by atoms with Crippen molar-refractivity contribution in [1.82, 2.24) is 25.6 Å². The third-order valence-electron chi connectivity index (χ3n) is 11.8. The third-order valence-corrected chi connectivity index (χ3v) is 11.8. The highest BCUT2D eigenvalue weighted by molar-refractivity contribution is 6.09. The van der Waals surface area contributed by atoms with Gasteiger partial charge in [0.15, 0.2) is 23.4 Å². The van der Waals surface area contributed by atoms with E-state index in [0.29, 0.717) is 34.0 Å². The minimum atomic E-state index is -1.63. The first-order valence-corrected chi connectivity index (χ1v) is 18.4. The van der Waals surface area contributed by atoms with E-state index in [0.717, 1.165) is 38.9 Å². The number of phenols is 1. The maximum atomic E-state index is 14.3. The van der Waals surface area contributed by atoms with Crippen LogP contribution in [0.5, 0.6) is 11.5 Å². The molecule has 1 spiro atoms. The van der Waals surface area contributed by atoms with Gasteiger partial charge >= 0.3 is 0 Å². The van der Waals surface area contributed by atoms with Gasteiger partial charge in [0.2, 0.25) is 17.7 Å². The van der Waals surface area contributed by atoms with Gasteiger partial charge in [-0.05, 0) is 48.1 Å². The number of nitrogens with zero attached hydrogens (tertiary/aromatic N) is 2. The summed E-state index contributed by atoms with van der Waals surface area (Å²) in [5.41, 5.74) is 3.87. The SMILES string of the molecule is CCC(O)(CC)C(=O)N[C@H]1Cc2ccc3c(c2)C24c5cccc(c5N[C@H]2O3)-c2ccc(O)c3[nH]cc(c23)-c2cnc(o2)-c2nc(oc24)[C@H](C(C)C)NC1=O. The van der Waals surface area contributed by atoms with Crippen LogP contribution in [0.3, 0.4) is 0 Å². The summed E-state index contributed by atoms with van der Waals surface area (Å²) in [6, 6.07) is 13.7. The fourth-order valence-corrected chi connectivity index (χ4v) is 8.77. The molecular weight excluding hydrogens is 688 g/mol. The highest BCUT2D eigenvalue weighted by Crippen LogP contribution is 2.61. The number of ether oxygens (including phenoxy) is 1. The summed E-state index contributed by atoms with van der Waals surface area (Å²) in [4.78, 5) is 40.9. The van der Waals surface area contributed by atoms with Gasteiger partial charge in [0.05, 0.1) is 11.7 Å². The number of fused-ring (bicyclic) bond motifs is 7. The number of hydrogen-bond acceptors (Lipinski definition) is 10. The normalized spacial score (nSPS) is 21.8. The monoisotopic (exact) mass is 726 g/mol. The number of amides is 2. The van der Waals surface area contributed by atoms with Crippen LogP contribution in [0, 0.1) is 5.92 Å². The molecule has 7 heterocycles. The van der Waals surface area contributed by atoms with Crippen molar-refractivity contribution in [2.24, 2.45) is 5.92 Å². The summed E-state index contributed by atoms with van der Waals surface area (Å²) in [5, 5.41) is 32.6. The summed E-state index contributed by atoms with van der Waals surface area (Å²) in [7, 11) is 0. The number of phenolic OH excluding ortho intramolecular Hbond substituents is 1. The van der Waals surface area contributed by atoms with E-state index in [-0.39, 0.29) is 42.7 Å². The lowest BCUT2D eigenvalue weighted by atomic mass is 9.72. The van der Waals surface area contributed by atoms with Gasteiger partial charge in [-0.1, -0.05) is 58.0 Å². The zero-order chi connectivity index (χ0) is 37.3. The molecule has 4 atom stereocenters. The van der Waals surface area contributed by atoms with E-state index in [9.17, 15) is 19.8 Å². The molecule has 10 bridgehead atoms. The second kappa shape index (κ2) is 11.2. The summed E-state index contributed by atoms with van der Waals surface area (Å²) in [6.45, 7) is 7.39. The molecule has 13 nitrogen and oxygen atoms in total.